The second-order valence-corrected chi connectivity index (χ2v) is 2.63. The van der Waals surface area contributed by atoms with Crippen LogP contribution in [0.1, 0.15) is 0 Å². The molecule has 1 aromatic heterocycles. The molecular formula is C4H6N4O2S. The molecular weight excluding hydrogens is 168 g/mol. The first-order chi connectivity index (χ1) is 5.29. The monoisotopic (exact) mass is 174 g/mol. The van der Waals surface area contributed by atoms with Crippen LogP contribution in [0.15, 0.2) is 6.33 Å². The molecule has 0 amide bonds. The fraction of sp³-hybridized carbons (Fsp3) is 0.500. The molecule has 1 N–H and O–H groups in total. The molecule has 1 aromatic rings. The fourth-order valence-electron chi connectivity index (χ4n) is 0.462. The largest absolute Gasteiger partial charge is 0.481 e. The minimum Gasteiger partial charge on any atom is -0.481 e. The third kappa shape index (κ3) is 2.99. The van der Waals surface area contributed by atoms with Gasteiger partial charge in [0.05, 0.1) is 5.75 Å². The van der Waals surface area contributed by atoms with E-state index in [0.717, 1.165) is 0 Å². The molecule has 0 aliphatic rings. The molecule has 0 saturated carbocycles. The van der Waals surface area contributed by atoms with Gasteiger partial charge in [0.15, 0.2) is 6.33 Å². The van der Waals surface area contributed by atoms with Crippen molar-refractivity contribution in [1.29, 1.82) is 0 Å². The summed E-state index contributed by atoms with van der Waals surface area (Å²) in [6.45, 7) is 0. The Bertz CT molecular complexity index is 224. The molecule has 0 radical (unpaired) electrons. The molecule has 1 rings (SSSR count). The Morgan fingerprint density at radius 2 is 2.55 bits per heavy atom. The van der Waals surface area contributed by atoms with Crippen molar-refractivity contribution < 1.29 is 9.90 Å². The number of aliphatic carboxylic acids is 1. The number of hydrogen-bond acceptors (Lipinski definition) is 5. The van der Waals surface area contributed by atoms with E-state index in [1.165, 1.54) is 22.9 Å². The van der Waals surface area contributed by atoms with E-state index in [-0.39, 0.29) is 5.75 Å². The van der Waals surface area contributed by atoms with Gasteiger partial charge in [-0.3, -0.25) is 4.79 Å². The smallest absolute Gasteiger partial charge is 0.313 e. The average molecular weight is 174 g/mol. The van der Waals surface area contributed by atoms with E-state index in [0.29, 0.717) is 5.88 Å². The zero-order valence-electron chi connectivity index (χ0n) is 5.54. The molecule has 0 aromatic carbocycles. The molecule has 7 heteroatoms. The van der Waals surface area contributed by atoms with Crippen LogP contribution in [-0.2, 0) is 10.7 Å². The van der Waals surface area contributed by atoms with E-state index >= 15 is 0 Å². The number of carboxylic acids is 1. The SMILES string of the molecule is O=C(O)CSCn1ncnn1. The lowest BCUT2D eigenvalue weighted by Gasteiger charge is -1.94. The van der Waals surface area contributed by atoms with E-state index in [1.54, 1.807) is 0 Å². The average Bonchev–Trinajstić information content (AvgIpc) is 2.39. The minimum atomic E-state index is -0.838. The van der Waals surface area contributed by atoms with Crippen LogP contribution < -0.4 is 0 Å². The summed E-state index contributed by atoms with van der Waals surface area (Å²) in [6, 6.07) is 0. The maximum absolute atomic E-state index is 10.0. The number of thioether (sulfide) groups is 1. The Hall–Kier alpha value is -1.11. The Morgan fingerprint density at radius 1 is 1.73 bits per heavy atom. The van der Waals surface area contributed by atoms with Gasteiger partial charge in [0.25, 0.3) is 0 Å². The quantitative estimate of drug-likeness (QED) is 0.659. The van der Waals surface area contributed by atoms with Gasteiger partial charge in [-0.05, 0) is 5.21 Å². The third-order valence-electron chi connectivity index (χ3n) is 0.824. The molecule has 60 valence electrons. The first-order valence-electron chi connectivity index (χ1n) is 2.79. The highest BCUT2D eigenvalue weighted by molar-refractivity contribution is 7.98. The van der Waals surface area contributed by atoms with Gasteiger partial charge >= 0.3 is 5.97 Å². The summed E-state index contributed by atoms with van der Waals surface area (Å²) < 4.78 is 0. The van der Waals surface area contributed by atoms with Crippen LogP contribution in [0.25, 0.3) is 0 Å². The minimum absolute atomic E-state index is 0.0571. The Morgan fingerprint density at radius 3 is 3.09 bits per heavy atom. The molecule has 0 bridgehead atoms. The lowest BCUT2D eigenvalue weighted by Crippen LogP contribution is -2.04. The van der Waals surface area contributed by atoms with Crippen molar-refractivity contribution >= 4 is 17.7 Å². The van der Waals surface area contributed by atoms with E-state index in [4.69, 9.17) is 5.11 Å². The first kappa shape index (κ1) is 7.99. The standard InChI is InChI=1S/C4H6N4O2S/c9-4(10)1-11-3-8-6-2-5-7-8/h2H,1,3H2,(H,9,10). The van der Waals surface area contributed by atoms with Gasteiger partial charge in [0.2, 0.25) is 0 Å². The van der Waals surface area contributed by atoms with Gasteiger partial charge in [-0.2, -0.15) is 4.80 Å². The predicted molar refractivity (Wildman–Crippen MR) is 37.9 cm³/mol. The van der Waals surface area contributed by atoms with Crippen LogP contribution >= 0.6 is 11.8 Å². The second-order valence-electron chi connectivity index (χ2n) is 1.68. The van der Waals surface area contributed by atoms with Crippen LogP contribution in [0.4, 0.5) is 0 Å². The molecule has 0 aliphatic carbocycles. The van der Waals surface area contributed by atoms with Gasteiger partial charge in [-0.1, -0.05) is 0 Å². The number of hydrogen-bond donors (Lipinski definition) is 1. The molecule has 0 aliphatic heterocycles. The number of carbonyl (C=O) groups is 1. The molecule has 0 atom stereocenters. The van der Waals surface area contributed by atoms with E-state index in [1.807, 2.05) is 0 Å². The van der Waals surface area contributed by atoms with E-state index < -0.39 is 5.97 Å². The molecule has 11 heavy (non-hydrogen) atoms. The van der Waals surface area contributed by atoms with Gasteiger partial charge in [0.1, 0.15) is 5.88 Å². The summed E-state index contributed by atoms with van der Waals surface area (Å²) in [6.07, 6.45) is 1.31. The lowest BCUT2D eigenvalue weighted by molar-refractivity contribution is -0.133. The van der Waals surface area contributed by atoms with Crippen molar-refractivity contribution in [1.82, 2.24) is 20.2 Å². The summed E-state index contributed by atoms with van der Waals surface area (Å²) >= 11 is 1.22. The molecule has 0 fully saturated rings. The molecule has 0 unspecified atom stereocenters. The Kier molecular flexibility index (Phi) is 2.84. The van der Waals surface area contributed by atoms with Gasteiger partial charge in [-0.15, -0.1) is 22.0 Å². The predicted octanol–water partition coefficient (Wildman–Crippen LogP) is -0.552. The van der Waals surface area contributed by atoms with Gasteiger partial charge in [-0.25, -0.2) is 0 Å². The summed E-state index contributed by atoms with van der Waals surface area (Å²) in [7, 11) is 0. The topological polar surface area (TPSA) is 80.9 Å². The van der Waals surface area contributed by atoms with Crippen LogP contribution in [-0.4, -0.2) is 37.0 Å². The zero-order valence-corrected chi connectivity index (χ0v) is 6.36. The molecule has 6 nitrogen and oxygen atoms in total. The number of tetrazole rings is 1. The lowest BCUT2D eigenvalue weighted by atomic mass is 10.8. The van der Waals surface area contributed by atoms with Crippen molar-refractivity contribution in [3.63, 3.8) is 0 Å². The highest BCUT2D eigenvalue weighted by Gasteiger charge is 1.97. The molecule has 1 heterocycles. The second kappa shape index (κ2) is 3.91. The van der Waals surface area contributed by atoms with Crippen molar-refractivity contribution in [2.24, 2.45) is 0 Å². The van der Waals surface area contributed by atoms with Gasteiger partial charge in [0, 0.05) is 0 Å². The normalized spacial score (nSPS) is 9.82. The third-order valence-corrected chi connectivity index (χ3v) is 1.69. The Balaban J connectivity index is 2.19. The number of nitrogens with zero attached hydrogens (tertiary/aromatic N) is 4. The highest BCUT2D eigenvalue weighted by Crippen LogP contribution is 2.00. The summed E-state index contributed by atoms with van der Waals surface area (Å²) in [5.74, 6) is -0.358. The van der Waals surface area contributed by atoms with Crippen molar-refractivity contribution in [2.75, 3.05) is 5.75 Å². The maximum Gasteiger partial charge on any atom is 0.313 e. The summed E-state index contributed by atoms with van der Waals surface area (Å²) in [5.41, 5.74) is 0. The van der Waals surface area contributed by atoms with Crippen molar-refractivity contribution in [3.05, 3.63) is 6.33 Å². The van der Waals surface area contributed by atoms with E-state index in [2.05, 4.69) is 15.4 Å². The first-order valence-corrected chi connectivity index (χ1v) is 3.95. The summed E-state index contributed by atoms with van der Waals surface area (Å²) in [4.78, 5) is 11.4. The Labute approximate surface area is 66.6 Å². The van der Waals surface area contributed by atoms with Crippen molar-refractivity contribution in [3.8, 4) is 0 Å². The van der Waals surface area contributed by atoms with Crippen LogP contribution in [0.5, 0.6) is 0 Å². The number of rotatable bonds is 4. The zero-order chi connectivity index (χ0) is 8.10. The van der Waals surface area contributed by atoms with Crippen LogP contribution in [0.3, 0.4) is 0 Å². The van der Waals surface area contributed by atoms with Crippen molar-refractivity contribution in [2.45, 2.75) is 5.88 Å². The highest BCUT2D eigenvalue weighted by atomic mass is 32.2. The molecule has 0 spiro atoms. The fourth-order valence-corrected chi connectivity index (χ4v) is 1.01. The van der Waals surface area contributed by atoms with E-state index in [9.17, 15) is 4.79 Å². The maximum atomic E-state index is 10.0. The van der Waals surface area contributed by atoms with Gasteiger partial charge < -0.3 is 5.11 Å². The van der Waals surface area contributed by atoms with Crippen LogP contribution in [0.2, 0.25) is 0 Å². The number of carboxylic acid groups (broad SMARTS) is 1. The van der Waals surface area contributed by atoms with Crippen LogP contribution in [0, 0.1) is 0 Å². The number of aromatic nitrogens is 4. The summed E-state index contributed by atoms with van der Waals surface area (Å²) in [5, 5.41) is 19.0. The molecule has 0 saturated heterocycles.